The van der Waals surface area contributed by atoms with Crippen molar-refractivity contribution in [1.29, 1.82) is 0 Å². The molecule has 4 heteroatoms. The fourth-order valence-electron chi connectivity index (χ4n) is 1.58. The van der Waals surface area contributed by atoms with E-state index in [0.29, 0.717) is 5.95 Å². The van der Waals surface area contributed by atoms with Crippen LogP contribution in [0.5, 0.6) is 0 Å². The van der Waals surface area contributed by atoms with Gasteiger partial charge in [0.2, 0.25) is 5.95 Å². The zero-order valence-corrected chi connectivity index (χ0v) is 11.4. The minimum absolute atomic E-state index is 0.699. The molecule has 0 fully saturated rings. The molecule has 0 aliphatic rings. The molecule has 0 amide bonds. The van der Waals surface area contributed by atoms with Crippen LogP contribution in [0.4, 0.5) is 11.8 Å². The Balaban J connectivity index is 2.48. The van der Waals surface area contributed by atoms with E-state index in [1.54, 1.807) is 0 Å². The standard InChI is InChI=1S/C13H24N4/c1-5-14-13-16-9-11(4)12(17-13)15-8-6-7-10(2)3/h9-10H,5-8H2,1-4H3,(H2,14,15,16,17). The van der Waals surface area contributed by atoms with E-state index in [4.69, 9.17) is 0 Å². The summed E-state index contributed by atoms with van der Waals surface area (Å²) in [5.41, 5.74) is 1.09. The largest absolute Gasteiger partial charge is 0.370 e. The maximum atomic E-state index is 4.45. The van der Waals surface area contributed by atoms with E-state index in [0.717, 1.165) is 30.4 Å². The summed E-state index contributed by atoms with van der Waals surface area (Å²) in [6.07, 6.45) is 4.28. The fraction of sp³-hybridized carbons (Fsp3) is 0.692. The molecule has 1 rings (SSSR count). The molecule has 0 radical (unpaired) electrons. The lowest BCUT2D eigenvalue weighted by Gasteiger charge is -2.10. The Kier molecular flexibility index (Phi) is 5.73. The van der Waals surface area contributed by atoms with E-state index in [1.807, 2.05) is 20.0 Å². The van der Waals surface area contributed by atoms with Crippen LogP contribution in [0.25, 0.3) is 0 Å². The second kappa shape index (κ2) is 7.09. The number of hydrogen-bond donors (Lipinski definition) is 2. The Labute approximate surface area is 104 Å². The Hall–Kier alpha value is -1.32. The van der Waals surface area contributed by atoms with Crippen LogP contribution < -0.4 is 10.6 Å². The van der Waals surface area contributed by atoms with Crippen molar-refractivity contribution in [3.05, 3.63) is 11.8 Å². The van der Waals surface area contributed by atoms with Crippen LogP contribution >= 0.6 is 0 Å². The summed E-state index contributed by atoms with van der Waals surface area (Å²) < 4.78 is 0. The van der Waals surface area contributed by atoms with E-state index in [9.17, 15) is 0 Å². The zero-order valence-electron chi connectivity index (χ0n) is 11.4. The van der Waals surface area contributed by atoms with Gasteiger partial charge in [-0.1, -0.05) is 13.8 Å². The zero-order chi connectivity index (χ0) is 12.7. The fourth-order valence-corrected chi connectivity index (χ4v) is 1.58. The summed E-state index contributed by atoms with van der Waals surface area (Å²) >= 11 is 0. The summed E-state index contributed by atoms with van der Waals surface area (Å²) in [7, 11) is 0. The van der Waals surface area contributed by atoms with Crippen LogP contribution in [-0.2, 0) is 0 Å². The first-order valence-electron chi connectivity index (χ1n) is 6.44. The molecule has 96 valence electrons. The highest BCUT2D eigenvalue weighted by molar-refractivity contribution is 5.46. The highest BCUT2D eigenvalue weighted by Gasteiger charge is 2.02. The van der Waals surface area contributed by atoms with Crippen molar-refractivity contribution in [3.8, 4) is 0 Å². The average molecular weight is 236 g/mol. The Morgan fingerprint density at radius 1 is 1.29 bits per heavy atom. The Morgan fingerprint density at radius 2 is 2.06 bits per heavy atom. The first-order chi connectivity index (χ1) is 8.13. The molecule has 0 aliphatic heterocycles. The maximum absolute atomic E-state index is 4.45. The third kappa shape index (κ3) is 5.02. The molecule has 1 aromatic heterocycles. The summed E-state index contributed by atoms with van der Waals surface area (Å²) in [4.78, 5) is 8.67. The molecule has 0 saturated carbocycles. The van der Waals surface area contributed by atoms with Gasteiger partial charge in [-0.2, -0.15) is 4.98 Å². The highest BCUT2D eigenvalue weighted by atomic mass is 15.1. The highest BCUT2D eigenvalue weighted by Crippen LogP contribution is 2.13. The van der Waals surface area contributed by atoms with Gasteiger partial charge < -0.3 is 10.6 Å². The molecule has 4 nitrogen and oxygen atoms in total. The molecule has 1 aromatic rings. The first-order valence-corrected chi connectivity index (χ1v) is 6.44. The molecular weight excluding hydrogens is 212 g/mol. The van der Waals surface area contributed by atoms with Gasteiger partial charge in [0.1, 0.15) is 5.82 Å². The number of nitrogens with one attached hydrogen (secondary N) is 2. The van der Waals surface area contributed by atoms with E-state index in [-0.39, 0.29) is 0 Å². The lowest BCUT2D eigenvalue weighted by Crippen LogP contribution is -2.09. The molecule has 0 aromatic carbocycles. The topological polar surface area (TPSA) is 49.8 Å². The van der Waals surface area contributed by atoms with Crippen LogP contribution in [0.1, 0.15) is 39.2 Å². The van der Waals surface area contributed by atoms with Gasteiger partial charge in [-0.3, -0.25) is 0 Å². The second-order valence-corrected chi connectivity index (χ2v) is 4.72. The van der Waals surface area contributed by atoms with Gasteiger partial charge in [0.05, 0.1) is 0 Å². The third-order valence-corrected chi connectivity index (χ3v) is 2.56. The second-order valence-electron chi connectivity index (χ2n) is 4.72. The van der Waals surface area contributed by atoms with Crippen molar-refractivity contribution in [2.75, 3.05) is 23.7 Å². The lowest BCUT2D eigenvalue weighted by atomic mass is 10.1. The molecule has 1 heterocycles. The number of anilines is 2. The van der Waals surface area contributed by atoms with Crippen LogP contribution in [0, 0.1) is 12.8 Å². The summed E-state index contributed by atoms with van der Waals surface area (Å²) in [5, 5.41) is 6.50. The van der Waals surface area contributed by atoms with E-state index in [2.05, 4.69) is 34.4 Å². The molecule has 0 bridgehead atoms. The molecular formula is C13H24N4. The summed E-state index contributed by atoms with van der Waals surface area (Å²) in [6.45, 7) is 10.4. The normalized spacial score (nSPS) is 10.6. The molecule has 0 aliphatic carbocycles. The van der Waals surface area contributed by atoms with Gasteiger partial charge in [-0.05, 0) is 32.6 Å². The van der Waals surface area contributed by atoms with Crippen LogP contribution in [-0.4, -0.2) is 23.1 Å². The number of rotatable bonds is 7. The lowest BCUT2D eigenvalue weighted by molar-refractivity contribution is 0.566. The molecule has 2 N–H and O–H groups in total. The first kappa shape index (κ1) is 13.7. The van der Waals surface area contributed by atoms with E-state index in [1.165, 1.54) is 12.8 Å². The van der Waals surface area contributed by atoms with Crippen molar-refractivity contribution in [3.63, 3.8) is 0 Å². The minimum atomic E-state index is 0.699. The van der Waals surface area contributed by atoms with Gasteiger partial charge in [0.25, 0.3) is 0 Å². The van der Waals surface area contributed by atoms with Gasteiger partial charge in [-0.15, -0.1) is 0 Å². The number of aryl methyl sites for hydroxylation is 1. The number of nitrogens with zero attached hydrogens (tertiary/aromatic N) is 2. The van der Waals surface area contributed by atoms with Gasteiger partial charge >= 0.3 is 0 Å². The number of aromatic nitrogens is 2. The molecule has 0 unspecified atom stereocenters. The van der Waals surface area contributed by atoms with Crippen molar-refractivity contribution >= 4 is 11.8 Å². The SMILES string of the molecule is CCNc1ncc(C)c(NCCCC(C)C)n1. The van der Waals surface area contributed by atoms with E-state index >= 15 is 0 Å². The predicted octanol–water partition coefficient (Wildman–Crippen LogP) is 3.06. The monoisotopic (exact) mass is 236 g/mol. The van der Waals surface area contributed by atoms with Crippen molar-refractivity contribution < 1.29 is 0 Å². The third-order valence-electron chi connectivity index (χ3n) is 2.56. The predicted molar refractivity (Wildman–Crippen MR) is 73.5 cm³/mol. The van der Waals surface area contributed by atoms with Crippen molar-refractivity contribution in [1.82, 2.24) is 9.97 Å². The molecule has 0 spiro atoms. The molecule has 0 saturated heterocycles. The summed E-state index contributed by atoms with van der Waals surface area (Å²) in [6, 6.07) is 0. The summed E-state index contributed by atoms with van der Waals surface area (Å²) in [5.74, 6) is 2.41. The molecule has 17 heavy (non-hydrogen) atoms. The van der Waals surface area contributed by atoms with Gasteiger partial charge in [0.15, 0.2) is 0 Å². The van der Waals surface area contributed by atoms with Crippen molar-refractivity contribution in [2.45, 2.75) is 40.5 Å². The molecule has 0 atom stereocenters. The minimum Gasteiger partial charge on any atom is -0.370 e. The van der Waals surface area contributed by atoms with Gasteiger partial charge in [0, 0.05) is 24.8 Å². The Morgan fingerprint density at radius 3 is 2.71 bits per heavy atom. The number of hydrogen-bond acceptors (Lipinski definition) is 4. The van der Waals surface area contributed by atoms with Gasteiger partial charge in [-0.25, -0.2) is 4.98 Å². The Bertz CT molecular complexity index is 336. The average Bonchev–Trinajstić information content (AvgIpc) is 2.28. The van der Waals surface area contributed by atoms with Crippen LogP contribution in [0.3, 0.4) is 0 Å². The van der Waals surface area contributed by atoms with Crippen LogP contribution in [0.2, 0.25) is 0 Å². The van der Waals surface area contributed by atoms with Crippen molar-refractivity contribution in [2.24, 2.45) is 5.92 Å². The van der Waals surface area contributed by atoms with E-state index < -0.39 is 0 Å². The quantitative estimate of drug-likeness (QED) is 0.714. The smallest absolute Gasteiger partial charge is 0.224 e. The van der Waals surface area contributed by atoms with Crippen LogP contribution in [0.15, 0.2) is 6.20 Å². The maximum Gasteiger partial charge on any atom is 0.224 e.